The molecule has 0 amide bonds. The highest BCUT2D eigenvalue weighted by atomic mass is 79.9. The molecule has 0 aliphatic carbocycles. The molecule has 1 aromatic carbocycles. The molecule has 0 radical (unpaired) electrons. The van der Waals surface area contributed by atoms with E-state index in [1.54, 1.807) is 25.7 Å². The molecule has 1 N–H and O–H groups in total. The van der Waals surface area contributed by atoms with Crippen molar-refractivity contribution in [3.8, 4) is 0 Å². The molecule has 0 spiro atoms. The molecule has 0 aliphatic heterocycles. The Labute approximate surface area is 159 Å². The van der Waals surface area contributed by atoms with Crippen LogP contribution in [0.25, 0.3) is 10.9 Å². The lowest BCUT2D eigenvalue weighted by Crippen LogP contribution is -2.13. The first-order valence-electron chi connectivity index (χ1n) is 7.59. The van der Waals surface area contributed by atoms with Gasteiger partial charge in [0.15, 0.2) is 0 Å². The number of benzene rings is 1. The molecule has 2 heterocycles. The Morgan fingerprint density at radius 1 is 1.20 bits per heavy atom. The van der Waals surface area contributed by atoms with Gasteiger partial charge in [-0.3, -0.25) is 0 Å². The zero-order valence-electron chi connectivity index (χ0n) is 13.9. The monoisotopic (exact) mass is 439 g/mol. The van der Waals surface area contributed by atoms with Crippen LogP contribution in [0.1, 0.15) is 12.7 Å². The second kappa shape index (κ2) is 6.98. The number of halogens is 2. The van der Waals surface area contributed by atoms with E-state index in [-0.39, 0.29) is 5.28 Å². The molecule has 130 valence electrons. The molecule has 0 fully saturated rings. The van der Waals surface area contributed by atoms with Crippen LogP contribution < -0.4 is 10.6 Å². The first kappa shape index (κ1) is 18.2. The smallest absolute Gasteiger partial charge is 0.224 e. The number of nitrogens with zero attached hydrogens (tertiary/aromatic N) is 4. The summed E-state index contributed by atoms with van der Waals surface area (Å²) in [5, 5.41) is 4.78. The maximum Gasteiger partial charge on any atom is 0.224 e. The summed E-state index contributed by atoms with van der Waals surface area (Å²) in [7, 11) is -2.62. The van der Waals surface area contributed by atoms with E-state index in [0.29, 0.717) is 21.3 Å². The van der Waals surface area contributed by atoms with Crippen LogP contribution in [0.2, 0.25) is 5.28 Å². The topological polar surface area (TPSA) is 80.7 Å². The van der Waals surface area contributed by atoms with Gasteiger partial charge < -0.3 is 9.88 Å². The summed E-state index contributed by atoms with van der Waals surface area (Å²) in [5.74, 6) is 1.26. The molecule has 0 saturated carbocycles. The highest BCUT2D eigenvalue weighted by Crippen LogP contribution is 2.41. The van der Waals surface area contributed by atoms with Crippen LogP contribution in [0.5, 0.6) is 0 Å². The molecular formula is C16H16BrClN5OP. The summed E-state index contributed by atoms with van der Waals surface area (Å²) in [4.78, 5) is 17.0. The minimum Gasteiger partial charge on any atom is -0.339 e. The van der Waals surface area contributed by atoms with Crippen molar-refractivity contribution in [3.05, 3.63) is 40.1 Å². The number of hydrogen-bond acceptors (Lipinski definition) is 6. The van der Waals surface area contributed by atoms with Gasteiger partial charge in [0, 0.05) is 29.5 Å². The van der Waals surface area contributed by atoms with Crippen molar-refractivity contribution in [3.63, 3.8) is 0 Å². The second-order valence-corrected chi connectivity index (χ2v) is 10.2. The highest BCUT2D eigenvalue weighted by molar-refractivity contribution is 9.10. The Morgan fingerprint density at radius 2 is 1.96 bits per heavy atom. The molecular weight excluding hydrogens is 425 g/mol. The van der Waals surface area contributed by atoms with Crippen LogP contribution in [-0.4, -0.2) is 33.3 Å². The maximum atomic E-state index is 13.0. The van der Waals surface area contributed by atoms with Crippen molar-refractivity contribution >= 4 is 62.4 Å². The molecule has 3 rings (SSSR count). The minimum absolute atomic E-state index is 0.125. The van der Waals surface area contributed by atoms with Crippen molar-refractivity contribution in [1.29, 1.82) is 0 Å². The predicted octanol–water partition coefficient (Wildman–Crippen LogP) is 4.39. The van der Waals surface area contributed by atoms with E-state index in [9.17, 15) is 4.57 Å². The number of nitrogens with one attached hydrogen (secondary N) is 1. The van der Waals surface area contributed by atoms with Crippen molar-refractivity contribution < 1.29 is 4.57 Å². The Balaban J connectivity index is 2.21. The zero-order valence-corrected chi connectivity index (χ0v) is 17.2. The van der Waals surface area contributed by atoms with Crippen LogP contribution in [-0.2, 0) is 11.0 Å². The van der Waals surface area contributed by atoms with E-state index >= 15 is 0 Å². The number of aromatic nitrogens is 4. The molecule has 0 saturated heterocycles. The van der Waals surface area contributed by atoms with E-state index in [4.69, 9.17) is 11.6 Å². The summed E-state index contributed by atoms with van der Waals surface area (Å²) < 4.78 is 13.6. The first-order valence-corrected chi connectivity index (χ1v) is 11.4. The third kappa shape index (κ3) is 3.84. The van der Waals surface area contributed by atoms with Crippen molar-refractivity contribution in [2.24, 2.45) is 0 Å². The second-order valence-electron chi connectivity index (χ2n) is 5.85. The standard InChI is InChI=1S/C16H16BrClN5OP/c1-4-13-19-7-9-11(21-13)5-6-12(14(9)25(2,3)24)22-15-10(17)8-20-16(18)23-15/h5-8H,4H2,1-3H3,(H,20,22,23). The molecule has 0 unspecified atom stereocenters. The molecule has 6 nitrogen and oxygen atoms in total. The predicted molar refractivity (Wildman–Crippen MR) is 106 cm³/mol. The first-order chi connectivity index (χ1) is 11.8. The SMILES string of the molecule is CCc1ncc2c(P(C)(C)=O)c(Nc3nc(Cl)ncc3Br)ccc2n1. The number of hydrogen-bond donors (Lipinski definition) is 1. The summed E-state index contributed by atoms with van der Waals surface area (Å²) >= 11 is 9.28. The van der Waals surface area contributed by atoms with Crippen LogP contribution in [0, 0.1) is 0 Å². The Morgan fingerprint density at radius 3 is 2.64 bits per heavy atom. The van der Waals surface area contributed by atoms with Gasteiger partial charge in [-0.2, -0.15) is 4.98 Å². The van der Waals surface area contributed by atoms with Crippen LogP contribution >= 0.6 is 34.7 Å². The fraction of sp³-hybridized carbons (Fsp3) is 0.250. The summed E-state index contributed by atoms with van der Waals surface area (Å²) in [6, 6.07) is 3.74. The number of rotatable bonds is 4. The van der Waals surface area contributed by atoms with E-state index in [2.05, 4.69) is 41.2 Å². The quantitative estimate of drug-likeness (QED) is 0.479. The molecule has 25 heavy (non-hydrogen) atoms. The van der Waals surface area contributed by atoms with E-state index in [0.717, 1.165) is 23.1 Å². The Bertz CT molecular complexity index is 1010. The Kier molecular flexibility index (Phi) is 5.09. The van der Waals surface area contributed by atoms with Crippen LogP contribution in [0.15, 0.2) is 29.0 Å². The molecule has 3 aromatic rings. The summed E-state index contributed by atoms with van der Waals surface area (Å²) in [5.41, 5.74) is 1.46. The average molecular weight is 441 g/mol. The largest absolute Gasteiger partial charge is 0.339 e. The van der Waals surface area contributed by atoms with Crippen LogP contribution in [0.4, 0.5) is 11.5 Å². The molecule has 0 aliphatic rings. The van der Waals surface area contributed by atoms with Crippen molar-refractivity contribution in [1.82, 2.24) is 19.9 Å². The van der Waals surface area contributed by atoms with Gasteiger partial charge in [0.2, 0.25) is 5.28 Å². The van der Waals surface area contributed by atoms with E-state index in [1.165, 1.54) is 0 Å². The van der Waals surface area contributed by atoms with E-state index in [1.807, 2.05) is 19.1 Å². The number of fused-ring (bicyclic) bond motifs is 1. The fourth-order valence-corrected chi connectivity index (χ4v) is 4.43. The normalized spacial score (nSPS) is 11.7. The fourth-order valence-electron chi connectivity index (χ4n) is 2.54. The third-order valence-electron chi connectivity index (χ3n) is 3.61. The maximum absolute atomic E-state index is 13.0. The minimum atomic E-state index is -2.62. The summed E-state index contributed by atoms with van der Waals surface area (Å²) in [6.07, 6.45) is 4.05. The van der Waals surface area contributed by atoms with Gasteiger partial charge in [-0.1, -0.05) is 6.92 Å². The van der Waals surface area contributed by atoms with Gasteiger partial charge >= 0.3 is 0 Å². The number of anilines is 2. The number of aryl methyl sites for hydroxylation is 1. The molecule has 9 heteroatoms. The van der Waals surface area contributed by atoms with Gasteiger partial charge in [0.25, 0.3) is 0 Å². The van der Waals surface area contributed by atoms with Gasteiger partial charge in [-0.25, -0.2) is 15.0 Å². The van der Waals surface area contributed by atoms with Crippen molar-refractivity contribution in [2.75, 3.05) is 18.6 Å². The van der Waals surface area contributed by atoms with Crippen molar-refractivity contribution in [2.45, 2.75) is 13.3 Å². The van der Waals surface area contributed by atoms with Gasteiger partial charge in [0.1, 0.15) is 18.8 Å². The van der Waals surface area contributed by atoms with Gasteiger partial charge in [-0.15, -0.1) is 0 Å². The average Bonchev–Trinajstić information content (AvgIpc) is 2.56. The van der Waals surface area contributed by atoms with Gasteiger partial charge in [0.05, 0.1) is 15.7 Å². The van der Waals surface area contributed by atoms with Gasteiger partial charge in [-0.05, 0) is 53.0 Å². The van der Waals surface area contributed by atoms with Crippen LogP contribution in [0.3, 0.4) is 0 Å². The lowest BCUT2D eigenvalue weighted by molar-refractivity contribution is 0.588. The van der Waals surface area contributed by atoms with E-state index < -0.39 is 7.14 Å². The third-order valence-corrected chi connectivity index (χ3v) is 5.93. The zero-order chi connectivity index (χ0) is 18.2. The lowest BCUT2D eigenvalue weighted by atomic mass is 10.2. The summed E-state index contributed by atoms with van der Waals surface area (Å²) in [6.45, 7) is 5.45. The highest BCUT2D eigenvalue weighted by Gasteiger charge is 2.21. The lowest BCUT2D eigenvalue weighted by Gasteiger charge is -2.18. The molecule has 2 aromatic heterocycles. The molecule has 0 atom stereocenters. The molecule has 0 bridgehead atoms. The Hall–Kier alpha value is -1.56.